The number of nitrogens with zero attached hydrogens (tertiary/aromatic N) is 1. The number of hydrogen-bond donors (Lipinski definition) is 2. The van der Waals surface area contributed by atoms with Crippen molar-refractivity contribution in [3.63, 3.8) is 0 Å². The summed E-state index contributed by atoms with van der Waals surface area (Å²) in [5.74, 6) is -0.0593. The van der Waals surface area contributed by atoms with Crippen molar-refractivity contribution in [3.05, 3.63) is 10.9 Å². The zero-order valence-corrected chi connectivity index (χ0v) is 12.7. The Hall–Kier alpha value is -0.630. The predicted octanol–water partition coefficient (Wildman–Crippen LogP) is 1.72. The van der Waals surface area contributed by atoms with Crippen LogP contribution in [0.2, 0.25) is 0 Å². The van der Waals surface area contributed by atoms with Gasteiger partial charge in [0, 0.05) is 18.2 Å². The summed E-state index contributed by atoms with van der Waals surface area (Å²) in [7, 11) is -3.70. The highest BCUT2D eigenvalue weighted by molar-refractivity contribution is 7.91. The number of aromatic hydroxyl groups is 1. The van der Waals surface area contributed by atoms with Crippen LogP contribution in [-0.2, 0) is 10.0 Å². The minimum atomic E-state index is -3.70. The van der Waals surface area contributed by atoms with Crippen LogP contribution in [0.15, 0.2) is 9.59 Å². The number of aliphatic hydroxyl groups is 1. The lowest BCUT2D eigenvalue weighted by Gasteiger charge is -2.21. The van der Waals surface area contributed by atoms with Crippen molar-refractivity contribution in [2.75, 3.05) is 13.2 Å². The molecule has 1 fully saturated rings. The average molecular weight is 305 g/mol. The summed E-state index contributed by atoms with van der Waals surface area (Å²) in [5.41, 5.74) is 0.656. The molecule has 0 amide bonds. The van der Waals surface area contributed by atoms with Gasteiger partial charge in [-0.25, -0.2) is 8.42 Å². The van der Waals surface area contributed by atoms with Crippen LogP contribution in [0.5, 0.6) is 5.75 Å². The van der Waals surface area contributed by atoms with Gasteiger partial charge >= 0.3 is 0 Å². The van der Waals surface area contributed by atoms with Crippen molar-refractivity contribution in [3.8, 4) is 5.75 Å². The quantitative estimate of drug-likeness (QED) is 0.888. The number of sulfonamides is 1. The fraction of sp³-hybridized carbons (Fsp3) is 0.667. The Balaban J connectivity index is 2.40. The summed E-state index contributed by atoms with van der Waals surface area (Å²) in [5, 5.41) is 21.0. The summed E-state index contributed by atoms with van der Waals surface area (Å²) in [4.78, 5) is 0. The first-order valence-electron chi connectivity index (χ1n) is 6.32. The summed E-state index contributed by atoms with van der Waals surface area (Å²) < 4.78 is 26.4. The van der Waals surface area contributed by atoms with E-state index in [4.69, 9.17) is 0 Å². The van der Waals surface area contributed by atoms with E-state index in [0.29, 0.717) is 18.5 Å². The van der Waals surface area contributed by atoms with E-state index < -0.39 is 10.0 Å². The Morgan fingerprint density at radius 3 is 2.74 bits per heavy atom. The Bertz CT molecular complexity index is 550. The first-order valence-corrected chi connectivity index (χ1v) is 8.64. The van der Waals surface area contributed by atoms with Crippen LogP contribution in [0.4, 0.5) is 0 Å². The molecular formula is C12H19NO4S2. The second-order valence-electron chi connectivity index (χ2n) is 5.08. The molecule has 1 aromatic heterocycles. The van der Waals surface area contributed by atoms with E-state index in [9.17, 15) is 18.6 Å². The average Bonchev–Trinajstić information content (AvgIpc) is 2.94. The monoisotopic (exact) mass is 305 g/mol. The molecule has 0 aliphatic carbocycles. The fourth-order valence-corrected chi connectivity index (χ4v) is 5.63. The molecule has 2 rings (SSSR count). The molecule has 0 aromatic carbocycles. The third-order valence-electron chi connectivity index (χ3n) is 3.46. The predicted molar refractivity (Wildman–Crippen MR) is 74.1 cm³/mol. The normalized spacial score (nSPS) is 21.4. The topological polar surface area (TPSA) is 77.8 Å². The number of hydrogen-bond acceptors (Lipinski definition) is 5. The minimum Gasteiger partial charge on any atom is -0.505 e. The van der Waals surface area contributed by atoms with Gasteiger partial charge in [0.05, 0.1) is 6.61 Å². The standard InChI is InChI=1S/C12H19NO4S2/c1-8(2)10-7-18-12(11(10)15)19(16,17)13-5-3-4-9(13)6-14/h7-9,14-15H,3-6H2,1-2H3/t9-/m0/s1. The van der Waals surface area contributed by atoms with E-state index in [-0.39, 0.29) is 28.5 Å². The highest BCUT2D eigenvalue weighted by Gasteiger charge is 2.37. The van der Waals surface area contributed by atoms with Gasteiger partial charge in [-0.05, 0) is 24.1 Å². The van der Waals surface area contributed by atoms with Gasteiger partial charge in [-0.1, -0.05) is 13.8 Å². The second-order valence-corrected chi connectivity index (χ2v) is 8.04. The number of thiophene rings is 1. The maximum atomic E-state index is 12.5. The molecule has 1 aromatic rings. The zero-order chi connectivity index (χ0) is 14.2. The first-order chi connectivity index (χ1) is 8.89. The van der Waals surface area contributed by atoms with Gasteiger partial charge in [-0.15, -0.1) is 11.3 Å². The van der Waals surface area contributed by atoms with E-state index >= 15 is 0 Å². The molecule has 1 saturated heterocycles. The molecule has 0 spiro atoms. The first kappa shape index (κ1) is 14.8. The van der Waals surface area contributed by atoms with Crippen LogP contribution in [0.25, 0.3) is 0 Å². The molecule has 0 unspecified atom stereocenters. The van der Waals surface area contributed by atoms with Crippen molar-refractivity contribution < 1.29 is 18.6 Å². The molecular weight excluding hydrogens is 286 g/mol. The third-order valence-corrected chi connectivity index (χ3v) is 6.92. The van der Waals surface area contributed by atoms with Crippen molar-refractivity contribution in [2.24, 2.45) is 0 Å². The summed E-state index contributed by atoms with van der Waals surface area (Å²) >= 11 is 1.05. The molecule has 19 heavy (non-hydrogen) atoms. The molecule has 0 radical (unpaired) electrons. The van der Waals surface area contributed by atoms with Crippen LogP contribution in [0, 0.1) is 0 Å². The fourth-order valence-electron chi connectivity index (χ4n) is 2.35. The van der Waals surface area contributed by atoms with Crippen molar-refractivity contribution in [1.29, 1.82) is 0 Å². The van der Waals surface area contributed by atoms with E-state index in [1.165, 1.54) is 4.31 Å². The van der Waals surface area contributed by atoms with Crippen LogP contribution >= 0.6 is 11.3 Å². The molecule has 0 saturated carbocycles. The Kier molecular flexibility index (Phi) is 4.20. The molecule has 7 heteroatoms. The maximum Gasteiger partial charge on any atom is 0.256 e. The number of rotatable bonds is 4. The SMILES string of the molecule is CC(C)c1csc(S(=O)(=O)N2CCC[C@H]2CO)c1O. The van der Waals surface area contributed by atoms with Crippen molar-refractivity contribution in [2.45, 2.75) is 42.9 Å². The summed E-state index contributed by atoms with van der Waals surface area (Å²) in [6.45, 7) is 4.04. The van der Waals surface area contributed by atoms with Crippen LogP contribution < -0.4 is 0 Å². The lowest BCUT2D eigenvalue weighted by Crippen LogP contribution is -2.37. The van der Waals surface area contributed by atoms with Gasteiger partial charge < -0.3 is 10.2 Å². The van der Waals surface area contributed by atoms with Crippen molar-refractivity contribution >= 4 is 21.4 Å². The molecule has 0 bridgehead atoms. The largest absolute Gasteiger partial charge is 0.505 e. The van der Waals surface area contributed by atoms with E-state index in [2.05, 4.69) is 0 Å². The van der Waals surface area contributed by atoms with E-state index in [0.717, 1.165) is 17.8 Å². The Morgan fingerprint density at radius 1 is 1.53 bits per heavy atom. The lowest BCUT2D eigenvalue weighted by molar-refractivity contribution is 0.213. The summed E-state index contributed by atoms with van der Waals surface area (Å²) in [6, 6.07) is -0.367. The lowest BCUT2D eigenvalue weighted by atomic mass is 10.1. The summed E-state index contributed by atoms with van der Waals surface area (Å²) in [6.07, 6.45) is 1.41. The van der Waals surface area contributed by atoms with Crippen molar-refractivity contribution in [1.82, 2.24) is 4.31 Å². The molecule has 1 aliphatic rings. The smallest absolute Gasteiger partial charge is 0.256 e. The molecule has 1 aliphatic heterocycles. The minimum absolute atomic E-state index is 0.00319. The van der Waals surface area contributed by atoms with Crippen LogP contribution in [0.1, 0.15) is 38.2 Å². The molecule has 108 valence electrons. The Morgan fingerprint density at radius 2 is 2.21 bits per heavy atom. The zero-order valence-electron chi connectivity index (χ0n) is 11.0. The van der Waals surface area contributed by atoms with Gasteiger partial charge in [-0.2, -0.15) is 4.31 Å². The Labute approximate surface area is 117 Å². The van der Waals surface area contributed by atoms with Crippen LogP contribution in [-0.4, -0.2) is 42.1 Å². The van der Waals surface area contributed by atoms with Gasteiger partial charge in [0.15, 0.2) is 4.21 Å². The molecule has 2 heterocycles. The number of aliphatic hydroxyl groups excluding tert-OH is 1. The van der Waals surface area contributed by atoms with Gasteiger partial charge in [0.1, 0.15) is 5.75 Å². The molecule has 2 N–H and O–H groups in total. The highest BCUT2D eigenvalue weighted by Crippen LogP contribution is 2.40. The van der Waals surface area contributed by atoms with Gasteiger partial charge in [0.25, 0.3) is 10.0 Å². The maximum absolute atomic E-state index is 12.5. The third kappa shape index (κ3) is 2.52. The molecule has 1 atom stereocenters. The van der Waals surface area contributed by atoms with E-state index in [1.54, 1.807) is 5.38 Å². The van der Waals surface area contributed by atoms with Gasteiger partial charge in [0.2, 0.25) is 0 Å². The molecule has 5 nitrogen and oxygen atoms in total. The van der Waals surface area contributed by atoms with Crippen LogP contribution in [0.3, 0.4) is 0 Å². The van der Waals surface area contributed by atoms with E-state index in [1.807, 2.05) is 13.8 Å². The highest BCUT2D eigenvalue weighted by atomic mass is 32.2. The van der Waals surface area contributed by atoms with Gasteiger partial charge in [-0.3, -0.25) is 0 Å². The second kappa shape index (κ2) is 5.40.